The highest BCUT2D eigenvalue weighted by atomic mass is 33.2. The summed E-state index contributed by atoms with van der Waals surface area (Å²) in [5, 5.41) is 10.7. The summed E-state index contributed by atoms with van der Waals surface area (Å²) >= 11 is 0. The van der Waals surface area contributed by atoms with E-state index in [9.17, 15) is 13.2 Å². The van der Waals surface area contributed by atoms with Crippen molar-refractivity contribution in [3.8, 4) is 0 Å². The smallest absolute Gasteiger partial charge is 0.409 e. The molecule has 120 valence electrons. The minimum atomic E-state index is -3.51. The number of carboxylic acid groups (broad SMARTS) is 1. The fraction of sp³-hybridized carbons (Fsp3) is 0.0769. The molecule has 2 N–H and O–H groups in total. The van der Waals surface area contributed by atoms with E-state index < -0.39 is 24.9 Å². The lowest BCUT2D eigenvalue weighted by molar-refractivity contribution is 0.209. The Morgan fingerprint density at radius 3 is 2.61 bits per heavy atom. The number of benzene rings is 1. The van der Waals surface area contributed by atoms with E-state index in [1.807, 2.05) is 0 Å². The number of anilines is 1. The van der Waals surface area contributed by atoms with Gasteiger partial charge >= 0.3 is 6.09 Å². The van der Waals surface area contributed by atoms with Crippen molar-refractivity contribution in [1.82, 2.24) is 9.97 Å². The van der Waals surface area contributed by atoms with Crippen LogP contribution in [0, 0.1) is 0 Å². The third-order valence-corrected chi connectivity index (χ3v) is 8.45. The second kappa shape index (κ2) is 5.97. The Labute approximate surface area is 134 Å². The Morgan fingerprint density at radius 2 is 1.91 bits per heavy atom. The van der Waals surface area contributed by atoms with Crippen molar-refractivity contribution in [1.29, 1.82) is 0 Å². The van der Waals surface area contributed by atoms with Crippen molar-refractivity contribution in [3.63, 3.8) is 0 Å². The first-order valence-electron chi connectivity index (χ1n) is 6.42. The highest BCUT2D eigenvalue weighted by molar-refractivity contribution is 8.86. The van der Waals surface area contributed by atoms with Crippen LogP contribution in [0.25, 0.3) is 0 Å². The van der Waals surface area contributed by atoms with Gasteiger partial charge in [0.05, 0.1) is 29.3 Å². The molecule has 2 heterocycles. The molecule has 0 saturated heterocycles. The molecule has 1 aliphatic heterocycles. The van der Waals surface area contributed by atoms with Gasteiger partial charge in [-0.05, 0) is 12.1 Å². The number of rotatable bonds is 4. The minimum Gasteiger partial charge on any atom is -0.465 e. The summed E-state index contributed by atoms with van der Waals surface area (Å²) in [6, 6.07) is 7.11. The summed E-state index contributed by atoms with van der Waals surface area (Å²) < 4.78 is 25.2. The molecule has 0 saturated carbocycles. The molecule has 1 aromatic carbocycles. The fourth-order valence-electron chi connectivity index (χ4n) is 2.01. The summed E-state index contributed by atoms with van der Waals surface area (Å²) in [7, 11) is -5.07. The first-order chi connectivity index (χ1) is 11.0. The van der Waals surface area contributed by atoms with Gasteiger partial charge in [-0.3, -0.25) is 5.32 Å². The van der Waals surface area contributed by atoms with Crippen molar-refractivity contribution in [2.45, 2.75) is 10.6 Å². The van der Waals surface area contributed by atoms with Crippen molar-refractivity contribution in [3.05, 3.63) is 42.5 Å². The molecular weight excluding hydrogens is 340 g/mol. The topological polar surface area (TPSA) is 122 Å². The number of hydrogen-bond donors (Lipinski definition) is 3. The van der Waals surface area contributed by atoms with Crippen LogP contribution in [-0.4, -0.2) is 35.1 Å². The molecule has 2 aromatic rings. The van der Waals surface area contributed by atoms with E-state index in [1.54, 1.807) is 24.3 Å². The third kappa shape index (κ3) is 3.32. The number of carbonyl (C=O) groups is 1. The highest BCUT2D eigenvalue weighted by Crippen LogP contribution is 2.50. The zero-order valence-electron chi connectivity index (χ0n) is 11.6. The zero-order valence-corrected chi connectivity index (χ0v) is 13.3. The summed E-state index contributed by atoms with van der Waals surface area (Å²) in [6.45, 7) is 0. The van der Waals surface area contributed by atoms with Gasteiger partial charge in [-0.1, -0.05) is 22.1 Å². The lowest BCUT2D eigenvalue weighted by Crippen LogP contribution is -2.10. The molecule has 23 heavy (non-hydrogen) atoms. The molecule has 1 atom stereocenters. The molecule has 10 heteroatoms. The molecule has 0 aliphatic carbocycles. The molecule has 1 aliphatic rings. The van der Waals surface area contributed by atoms with Crippen molar-refractivity contribution in [2.75, 3.05) is 5.32 Å². The van der Waals surface area contributed by atoms with Crippen LogP contribution >= 0.6 is 9.93 Å². The van der Waals surface area contributed by atoms with E-state index in [1.165, 1.54) is 17.9 Å². The van der Waals surface area contributed by atoms with Crippen molar-refractivity contribution >= 4 is 41.8 Å². The van der Waals surface area contributed by atoms with Crippen LogP contribution in [0.15, 0.2) is 46.5 Å². The number of amides is 1. The molecule has 1 amide bonds. The predicted octanol–water partition coefficient (Wildman–Crippen LogP) is 2.13. The number of hydrogen-bond acceptors (Lipinski definition) is 6. The van der Waals surface area contributed by atoms with E-state index in [2.05, 4.69) is 20.3 Å². The van der Waals surface area contributed by atoms with Gasteiger partial charge in [0.1, 0.15) is 11.6 Å². The van der Waals surface area contributed by atoms with Crippen LogP contribution in [0.3, 0.4) is 0 Å². The van der Waals surface area contributed by atoms with Gasteiger partial charge in [0, 0.05) is 4.90 Å². The standard InChI is InChI=1S/C13H12N4O4S2/c18-13(19)17-9-5-14-12(15-6-9)7-23(20,21)22-8-16-10-3-1-2-4-11(10)22/h1-6,8,17,22H,7H2,(H,18,19). The van der Waals surface area contributed by atoms with E-state index in [4.69, 9.17) is 5.11 Å². The Hall–Kier alpha value is -2.46. The second-order valence-electron chi connectivity index (χ2n) is 4.60. The second-order valence-corrected chi connectivity index (χ2v) is 10.3. The highest BCUT2D eigenvalue weighted by Gasteiger charge is 2.28. The SMILES string of the molecule is O=C(O)Nc1cnc(CS(=O)(=O)[SH]2C=Nc3ccccc32)nc1. The lowest BCUT2D eigenvalue weighted by atomic mass is 10.3. The number of para-hydroxylation sites is 1. The maximum atomic E-state index is 12.6. The summed E-state index contributed by atoms with van der Waals surface area (Å²) in [5.41, 5.74) is 2.32. The van der Waals surface area contributed by atoms with Crippen LogP contribution in [0.4, 0.5) is 16.2 Å². The van der Waals surface area contributed by atoms with Gasteiger partial charge in [-0.15, -0.1) is 0 Å². The van der Waals surface area contributed by atoms with Crippen LogP contribution in [0.1, 0.15) is 5.82 Å². The number of aliphatic imine (C=N–C) groups is 1. The molecule has 0 spiro atoms. The van der Waals surface area contributed by atoms with E-state index in [0.29, 0.717) is 10.6 Å². The zero-order chi connectivity index (χ0) is 16.4. The van der Waals surface area contributed by atoms with Gasteiger partial charge in [0.15, 0.2) is 8.87 Å². The van der Waals surface area contributed by atoms with Gasteiger partial charge in [0.2, 0.25) is 0 Å². The first kappa shape index (κ1) is 15.4. The van der Waals surface area contributed by atoms with Crippen LogP contribution in [-0.2, 0) is 14.6 Å². The molecule has 1 aromatic heterocycles. The number of thiol groups is 1. The maximum Gasteiger partial charge on any atom is 0.409 e. The van der Waals surface area contributed by atoms with Gasteiger partial charge in [0.25, 0.3) is 0 Å². The summed E-state index contributed by atoms with van der Waals surface area (Å²) in [4.78, 5) is 23.1. The number of nitrogens with zero attached hydrogens (tertiary/aromatic N) is 3. The Kier molecular flexibility index (Phi) is 4.01. The van der Waals surface area contributed by atoms with E-state index in [-0.39, 0.29) is 17.3 Å². The monoisotopic (exact) mass is 352 g/mol. The Balaban J connectivity index is 1.80. The quantitative estimate of drug-likeness (QED) is 0.572. The molecule has 0 fully saturated rings. The summed E-state index contributed by atoms with van der Waals surface area (Å²) in [5.74, 6) is -0.215. The predicted molar refractivity (Wildman–Crippen MR) is 88.1 cm³/mol. The molecule has 0 radical (unpaired) electrons. The fourth-order valence-corrected chi connectivity index (χ4v) is 6.71. The summed E-state index contributed by atoms with van der Waals surface area (Å²) in [6.07, 6.45) is 1.22. The number of nitrogens with one attached hydrogen (secondary N) is 1. The molecule has 0 bridgehead atoms. The van der Waals surface area contributed by atoms with Crippen LogP contribution < -0.4 is 5.32 Å². The number of fused-ring (bicyclic) bond motifs is 1. The molecule has 3 rings (SSSR count). The van der Waals surface area contributed by atoms with Crippen molar-refractivity contribution < 1.29 is 18.3 Å². The van der Waals surface area contributed by atoms with Crippen molar-refractivity contribution in [2.24, 2.45) is 4.99 Å². The van der Waals surface area contributed by atoms with Gasteiger partial charge < -0.3 is 5.11 Å². The maximum absolute atomic E-state index is 12.6. The normalized spacial score (nSPS) is 17.7. The molecule has 1 unspecified atom stereocenters. The van der Waals surface area contributed by atoms with Gasteiger partial charge in [-0.25, -0.2) is 28.2 Å². The lowest BCUT2D eigenvalue weighted by Gasteiger charge is -2.14. The van der Waals surface area contributed by atoms with Crippen LogP contribution in [0.2, 0.25) is 0 Å². The van der Waals surface area contributed by atoms with E-state index in [0.717, 1.165) is 0 Å². The van der Waals surface area contributed by atoms with Crippen LogP contribution in [0.5, 0.6) is 0 Å². The van der Waals surface area contributed by atoms with E-state index >= 15 is 0 Å². The third-order valence-electron chi connectivity index (χ3n) is 2.99. The molecule has 8 nitrogen and oxygen atoms in total. The Morgan fingerprint density at radius 1 is 1.22 bits per heavy atom. The first-order valence-corrected chi connectivity index (χ1v) is 10.1. The Bertz CT molecular complexity index is 881. The molecular formula is C13H12N4O4S2. The van der Waals surface area contributed by atoms with Gasteiger partial charge in [-0.2, -0.15) is 0 Å². The number of aromatic nitrogens is 2. The largest absolute Gasteiger partial charge is 0.465 e. The minimum absolute atomic E-state index is 0.112. The average molecular weight is 352 g/mol. The average Bonchev–Trinajstić information content (AvgIpc) is 2.93.